The van der Waals surface area contributed by atoms with Gasteiger partial charge in [0, 0.05) is 18.4 Å². The number of halogens is 1. The molecule has 1 aromatic heterocycles. The second-order valence-corrected chi connectivity index (χ2v) is 6.32. The second-order valence-electron chi connectivity index (χ2n) is 5.24. The Balaban J connectivity index is 0.00000264. The predicted octanol–water partition coefficient (Wildman–Crippen LogP) is 2.68. The highest BCUT2D eigenvalue weighted by molar-refractivity contribution is 7.15. The number of anilines is 1. The number of thiazole rings is 1. The van der Waals surface area contributed by atoms with E-state index in [1.165, 1.54) is 29.6 Å². The maximum atomic E-state index is 11.9. The molecule has 2 aromatic rings. The molecule has 0 bridgehead atoms. The van der Waals surface area contributed by atoms with E-state index in [2.05, 4.69) is 41.5 Å². The van der Waals surface area contributed by atoms with Crippen LogP contribution in [0.25, 0.3) is 0 Å². The molecule has 7 heteroatoms. The topological polar surface area (TPSA) is 77.2 Å². The second kappa shape index (κ2) is 8.98. The van der Waals surface area contributed by atoms with Crippen molar-refractivity contribution >= 4 is 34.8 Å². The third-order valence-corrected chi connectivity index (χ3v) is 4.36. The summed E-state index contributed by atoms with van der Waals surface area (Å²) in [4.78, 5) is 17.4. The fourth-order valence-electron chi connectivity index (χ4n) is 1.99. The Morgan fingerprint density at radius 2 is 2.00 bits per heavy atom. The number of hydrogen-bond acceptors (Lipinski definition) is 5. The fraction of sp³-hybridized carbons (Fsp3) is 0.375. The van der Waals surface area contributed by atoms with Gasteiger partial charge in [-0.2, -0.15) is 0 Å². The van der Waals surface area contributed by atoms with Gasteiger partial charge in [0.25, 0.3) is 0 Å². The lowest BCUT2D eigenvalue weighted by molar-refractivity contribution is -0.118. The van der Waals surface area contributed by atoms with Crippen LogP contribution in [-0.4, -0.2) is 30.6 Å². The Hall–Kier alpha value is -1.47. The zero-order chi connectivity index (χ0) is 16.1. The van der Waals surface area contributed by atoms with Crippen molar-refractivity contribution in [2.75, 3.05) is 19.0 Å². The smallest absolute Gasteiger partial charge is 0.245 e. The van der Waals surface area contributed by atoms with E-state index in [4.69, 9.17) is 10.5 Å². The fourth-order valence-corrected chi connectivity index (χ4v) is 2.99. The Bertz CT molecular complexity index is 643. The summed E-state index contributed by atoms with van der Waals surface area (Å²) < 4.78 is 4.88. The number of carbonyl (C=O) groups is 1. The van der Waals surface area contributed by atoms with Gasteiger partial charge in [-0.15, -0.1) is 23.7 Å². The van der Waals surface area contributed by atoms with E-state index >= 15 is 0 Å². The molecule has 2 rings (SSSR count). The maximum Gasteiger partial charge on any atom is 0.245 e. The van der Waals surface area contributed by atoms with Crippen molar-refractivity contribution in [3.63, 3.8) is 0 Å². The normalized spacial score (nSPS) is 11.7. The molecule has 1 atom stereocenters. The molecule has 23 heavy (non-hydrogen) atoms. The van der Waals surface area contributed by atoms with Crippen molar-refractivity contribution in [2.45, 2.75) is 26.3 Å². The van der Waals surface area contributed by atoms with Gasteiger partial charge in [0.15, 0.2) is 5.13 Å². The molecule has 0 saturated heterocycles. The zero-order valence-electron chi connectivity index (χ0n) is 13.5. The molecule has 0 radical (unpaired) electrons. The van der Waals surface area contributed by atoms with Crippen LogP contribution in [-0.2, 0) is 16.0 Å². The molecule has 1 aromatic carbocycles. The van der Waals surface area contributed by atoms with Gasteiger partial charge in [-0.3, -0.25) is 4.79 Å². The van der Waals surface area contributed by atoms with E-state index in [1.807, 2.05) is 6.92 Å². The first-order valence-corrected chi connectivity index (χ1v) is 7.88. The quantitative estimate of drug-likeness (QED) is 0.835. The van der Waals surface area contributed by atoms with E-state index in [1.54, 1.807) is 0 Å². The van der Waals surface area contributed by atoms with Crippen LogP contribution in [0, 0.1) is 13.8 Å². The number of benzene rings is 1. The molecule has 0 saturated carbocycles. The minimum atomic E-state index is -0.685. The minimum absolute atomic E-state index is 0. The van der Waals surface area contributed by atoms with Crippen LogP contribution >= 0.6 is 23.7 Å². The zero-order valence-corrected chi connectivity index (χ0v) is 15.1. The van der Waals surface area contributed by atoms with Crippen LogP contribution < -0.4 is 11.1 Å². The van der Waals surface area contributed by atoms with Crippen LogP contribution in [0.3, 0.4) is 0 Å². The summed E-state index contributed by atoms with van der Waals surface area (Å²) in [6.07, 6.45) is 0.809. The Morgan fingerprint density at radius 1 is 1.35 bits per heavy atom. The number of ether oxygens (including phenoxy) is 1. The number of aromatic nitrogens is 1. The summed E-state index contributed by atoms with van der Waals surface area (Å²) in [6.45, 7) is 4.20. The molecule has 126 valence electrons. The van der Waals surface area contributed by atoms with Gasteiger partial charge in [-0.25, -0.2) is 4.98 Å². The number of carbonyl (C=O) groups excluding carboxylic acids is 1. The van der Waals surface area contributed by atoms with E-state index in [0.717, 1.165) is 17.0 Å². The maximum absolute atomic E-state index is 11.9. The first kappa shape index (κ1) is 19.6. The van der Waals surface area contributed by atoms with Gasteiger partial charge in [0.1, 0.15) is 6.04 Å². The van der Waals surface area contributed by atoms with Gasteiger partial charge in [0.05, 0.1) is 12.3 Å². The van der Waals surface area contributed by atoms with Crippen molar-refractivity contribution in [1.29, 1.82) is 0 Å². The number of methoxy groups -OCH3 is 1. The standard InChI is InChI=1S/C16H21N3O2S.ClH/c1-10-4-6-12(7-5-10)8-14-11(2)18-16(22-14)19-15(20)13(17)9-21-3;/h4-7,13H,8-9,17H2,1-3H3,(H,18,19,20);1H. The van der Waals surface area contributed by atoms with Crippen LogP contribution in [0.15, 0.2) is 24.3 Å². The molecular weight excluding hydrogens is 334 g/mol. The number of amides is 1. The Kier molecular flexibility index (Phi) is 7.64. The van der Waals surface area contributed by atoms with Crippen molar-refractivity contribution in [1.82, 2.24) is 4.98 Å². The number of nitrogens with one attached hydrogen (secondary N) is 1. The van der Waals surface area contributed by atoms with E-state index < -0.39 is 6.04 Å². The minimum Gasteiger partial charge on any atom is -0.383 e. The number of nitrogens with zero attached hydrogens (tertiary/aromatic N) is 1. The highest BCUT2D eigenvalue weighted by atomic mass is 35.5. The summed E-state index contributed by atoms with van der Waals surface area (Å²) >= 11 is 1.48. The van der Waals surface area contributed by atoms with Crippen molar-refractivity contribution in [2.24, 2.45) is 5.73 Å². The molecule has 0 aliphatic carbocycles. The van der Waals surface area contributed by atoms with Gasteiger partial charge in [-0.1, -0.05) is 29.8 Å². The molecule has 0 aliphatic heterocycles. The molecular formula is C16H22ClN3O2S. The average Bonchev–Trinajstić information content (AvgIpc) is 2.81. The molecule has 0 fully saturated rings. The van der Waals surface area contributed by atoms with Gasteiger partial charge in [0.2, 0.25) is 5.91 Å². The number of rotatable bonds is 6. The number of hydrogen-bond donors (Lipinski definition) is 2. The molecule has 1 unspecified atom stereocenters. The molecule has 0 spiro atoms. The van der Waals surface area contributed by atoms with Gasteiger partial charge in [-0.05, 0) is 19.4 Å². The van der Waals surface area contributed by atoms with Gasteiger partial charge >= 0.3 is 0 Å². The summed E-state index contributed by atoms with van der Waals surface area (Å²) in [7, 11) is 1.51. The molecule has 1 amide bonds. The van der Waals surface area contributed by atoms with Crippen molar-refractivity contribution < 1.29 is 9.53 Å². The molecule has 1 heterocycles. The lowest BCUT2D eigenvalue weighted by Gasteiger charge is -2.08. The van der Waals surface area contributed by atoms with Crippen molar-refractivity contribution in [3.05, 3.63) is 46.0 Å². The summed E-state index contributed by atoms with van der Waals surface area (Å²) in [5, 5.41) is 3.33. The number of aryl methyl sites for hydroxylation is 2. The first-order valence-electron chi connectivity index (χ1n) is 7.07. The van der Waals surface area contributed by atoms with Crippen LogP contribution in [0.2, 0.25) is 0 Å². The van der Waals surface area contributed by atoms with E-state index in [0.29, 0.717) is 5.13 Å². The predicted molar refractivity (Wildman–Crippen MR) is 96.6 cm³/mol. The first-order chi connectivity index (χ1) is 10.5. The lowest BCUT2D eigenvalue weighted by atomic mass is 10.1. The SMILES string of the molecule is COCC(N)C(=O)Nc1nc(C)c(Cc2ccc(C)cc2)s1.Cl. The monoisotopic (exact) mass is 355 g/mol. The van der Waals surface area contributed by atoms with E-state index in [-0.39, 0.29) is 24.9 Å². The molecule has 3 N–H and O–H groups in total. The molecule has 0 aliphatic rings. The van der Waals surface area contributed by atoms with Gasteiger partial charge < -0.3 is 15.8 Å². The summed E-state index contributed by atoms with van der Waals surface area (Å²) in [5.41, 5.74) is 9.10. The Morgan fingerprint density at radius 3 is 2.61 bits per heavy atom. The Labute approximate surface area is 146 Å². The summed E-state index contributed by atoms with van der Waals surface area (Å²) in [5.74, 6) is -0.280. The molecule has 5 nitrogen and oxygen atoms in total. The number of nitrogens with two attached hydrogens (primary N) is 1. The third kappa shape index (κ3) is 5.58. The van der Waals surface area contributed by atoms with E-state index in [9.17, 15) is 4.79 Å². The largest absolute Gasteiger partial charge is 0.383 e. The highest BCUT2D eigenvalue weighted by Gasteiger charge is 2.16. The highest BCUT2D eigenvalue weighted by Crippen LogP contribution is 2.25. The van der Waals surface area contributed by atoms with Crippen molar-refractivity contribution in [3.8, 4) is 0 Å². The summed E-state index contributed by atoms with van der Waals surface area (Å²) in [6, 6.07) is 7.73. The lowest BCUT2D eigenvalue weighted by Crippen LogP contribution is -2.39. The average molecular weight is 356 g/mol. The van der Waals surface area contributed by atoms with Crippen LogP contribution in [0.5, 0.6) is 0 Å². The third-order valence-electron chi connectivity index (χ3n) is 3.29. The van der Waals surface area contributed by atoms with Crippen LogP contribution in [0.4, 0.5) is 5.13 Å². The van der Waals surface area contributed by atoms with Crippen LogP contribution in [0.1, 0.15) is 21.7 Å².